The summed E-state index contributed by atoms with van der Waals surface area (Å²) in [6, 6.07) is 3.12. The van der Waals surface area contributed by atoms with E-state index in [4.69, 9.17) is 0 Å². The summed E-state index contributed by atoms with van der Waals surface area (Å²) < 4.78 is 14.2. The van der Waals surface area contributed by atoms with Gasteiger partial charge in [-0.3, -0.25) is 19.2 Å². The number of aromatic nitrogens is 1. The van der Waals surface area contributed by atoms with Crippen LogP contribution < -0.4 is 16.0 Å². The van der Waals surface area contributed by atoms with E-state index in [0.717, 1.165) is 0 Å². The number of benzene rings is 1. The van der Waals surface area contributed by atoms with Crippen molar-refractivity contribution in [1.82, 2.24) is 25.8 Å². The first kappa shape index (κ1) is 30.2. The average molecular weight is 570 g/mol. The third-order valence-electron chi connectivity index (χ3n) is 8.73. The number of hydrogen-bond acceptors (Lipinski definition) is 5. The molecule has 2 saturated heterocycles. The fraction of sp³-hybridized carbons (Fsp3) is 0.567. The highest BCUT2D eigenvalue weighted by Crippen LogP contribution is 2.42. The minimum atomic E-state index is -1.01. The van der Waals surface area contributed by atoms with Crippen molar-refractivity contribution < 1.29 is 28.4 Å². The van der Waals surface area contributed by atoms with Crippen LogP contribution in [0.2, 0.25) is 0 Å². The number of nitrogens with one attached hydrogen (secondary N) is 4. The summed E-state index contributed by atoms with van der Waals surface area (Å²) in [6.07, 6.45) is 1.40. The van der Waals surface area contributed by atoms with Crippen LogP contribution in [0.15, 0.2) is 24.3 Å². The predicted molar refractivity (Wildman–Crippen MR) is 151 cm³/mol. The molecule has 4 rings (SSSR count). The number of aldehydes is 1. The van der Waals surface area contributed by atoms with Crippen molar-refractivity contribution in [3.05, 3.63) is 35.8 Å². The minimum absolute atomic E-state index is 0.0644. The van der Waals surface area contributed by atoms with Crippen LogP contribution in [0, 0.1) is 28.5 Å². The van der Waals surface area contributed by atoms with Crippen LogP contribution >= 0.6 is 0 Å². The molecular weight excluding hydrogens is 529 g/mol. The molecule has 3 heterocycles. The van der Waals surface area contributed by atoms with Gasteiger partial charge in [0.05, 0.1) is 6.04 Å². The van der Waals surface area contributed by atoms with Gasteiger partial charge in [-0.05, 0) is 47.8 Å². The quantitative estimate of drug-likeness (QED) is 0.362. The molecule has 1 aromatic carbocycles. The number of likely N-dealkylation sites (tertiary alicyclic amines) is 1. The highest BCUT2D eigenvalue weighted by Gasteiger charge is 2.53. The second kappa shape index (κ2) is 11.3. The molecule has 0 spiro atoms. The second-order valence-electron chi connectivity index (χ2n) is 13.0. The molecule has 1 aromatic heterocycles. The first-order valence-corrected chi connectivity index (χ1v) is 14.1. The van der Waals surface area contributed by atoms with Gasteiger partial charge in [-0.25, -0.2) is 4.39 Å². The second-order valence-corrected chi connectivity index (χ2v) is 13.0. The first-order valence-electron chi connectivity index (χ1n) is 14.1. The highest BCUT2D eigenvalue weighted by atomic mass is 19.1. The lowest BCUT2D eigenvalue weighted by molar-refractivity contribution is -0.144. The summed E-state index contributed by atoms with van der Waals surface area (Å²) in [4.78, 5) is 69.5. The number of rotatable bonds is 8. The lowest BCUT2D eigenvalue weighted by Crippen LogP contribution is -2.60. The number of carbonyl (C=O) groups excluding carboxylic acids is 5. The Kier molecular flexibility index (Phi) is 8.29. The predicted octanol–water partition coefficient (Wildman–Crippen LogP) is 2.53. The van der Waals surface area contributed by atoms with Gasteiger partial charge in [-0.2, -0.15) is 0 Å². The molecule has 11 heteroatoms. The van der Waals surface area contributed by atoms with Crippen LogP contribution in [0.3, 0.4) is 0 Å². The topological polar surface area (TPSA) is 140 Å². The van der Waals surface area contributed by atoms with Crippen LogP contribution in [-0.2, 0) is 19.2 Å². The average Bonchev–Trinajstić information content (AvgIpc) is 3.57. The Labute approximate surface area is 239 Å². The van der Waals surface area contributed by atoms with Gasteiger partial charge in [0.15, 0.2) is 0 Å². The van der Waals surface area contributed by atoms with E-state index in [1.54, 1.807) is 6.07 Å². The summed E-state index contributed by atoms with van der Waals surface area (Å²) in [7, 11) is 0. The third-order valence-corrected chi connectivity index (χ3v) is 8.73. The zero-order chi connectivity index (χ0) is 30.3. The van der Waals surface area contributed by atoms with Crippen molar-refractivity contribution in [3.63, 3.8) is 0 Å². The zero-order valence-electron chi connectivity index (χ0n) is 24.5. The van der Waals surface area contributed by atoms with Gasteiger partial charge < -0.3 is 30.6 Å². The molecule has 0 bridgehead atoms. The lowest BCUT2D eigenvalue weighted by atomic mass is 9.77. The zero-order valence-corrected chi connectivity index (χ0v) is 24.5. The van der Waals surface area contributed by atoms with E-state index in [1.807, 2.05) is 41.5 Å². The lowest BCUT2D eigenvalue weighted by Gasteiger charge is -2.38. The number of nitrogens with zero attached hydrogens (tertiary/aromatic N) is 1. The fourth-order valence-electron chi connectivity index (χ4n) is 5.85. The van der Waals surface area contributed by atoms with E-state index < -0.39 is 52.5 Å². The number of halogens is 1. The van der Waals surface area contributed by atoms with Crippen LogP contribution in [0.1, 0.15) is 64.9 Å². The van der Waals surface area contributed by atoms with Gasteiger partial charge in [-0.15, -0.1) is 0 Å². The van der Waals surface area contributed by atoms with Crippen LogP contribution in [-0.4, -0.2) is 71.0 Å². The van der Waals surface area contributed by atoms with Crippen LogP contribution in [0.4, 0.5) is 4.39 Å². The summed E-state index contributed by atoms with van der Waals surface area (Å²) in [6.45, 7) is 12.0. The molecule has 41 heavy (non-hydrogen) atoms. The van der Waals surface area contributed by atoms with Crippen molar-refractivity contribution in [1.29, 1.82) is 0 Å². The number of hydrogen-bond donors (Lipinski definition) is 4. The smallest absolute Gasteiger partial charge is 0.268 e. The summed E-state index contributed by atoms with van der Waals surface area (Å²) >= 11 is 0. The monoisotopic (exact) mass is 569 g/mol. The highest BCUT2D eigenvalue weighted by molar-refractivity contribution is 6.01. The largest absolute Gasteiger partial charge is 0.356 e. The van der Waals surface area contributed by atoms with Gasteiger partial charge in [0.1, 0.15) is 29.9 Å². The maximum atomic E-state index is 14.2. The summed E-state index contributed by atoms with van der Waals surface area (Å²) in [5, 5.41) is 8.60. The van der Waals surface area contributed by atoms with Crippen molar-refractivity contribution >= 4 is 40.8 Å². The van der Waals surface area contributed by atoms with E-state index in [2.05, 4.69) is 20.9 Å². The molecular formula is C30H40FN5O5. The van der Waals surface area contributed by atoms with Gasteiger partial charge in [0.2, 0.25) is 17.7 Å². The first-order chi connectivity index (χ1) is 19.1. The van der Waals surface area contributed by atoms with E-state index in [0.29, 0.717) is 24.8 Å². The Balaban J connectivity index is 1.57. The van der Waals surface area contributed by atoms with E-state index in [9.17, 15) is 28.4 Å². The summed E-state index contributed by atoms with van der Waals surface area (Å²) in [5.74, 6) is -2.51. The molecule has 2 aliphatic heterocycles. The molecule has 5 atom stereocenters. The number of H-pyrrole nitrogens is 1. The molecule has 2 aromatic rings. The molecule has 0 unspecified atom stereocenters. The van der Waals surface area contributed by atoms with Crippen molar-refractivity contribution in [2.45, 2.75) is 72.5 Å². The van der Waals surface area contributed by atoms with Crippen molar-refractivity contribution in [3.8, 4) is 0 Å². The molecule has 2 aliphatic rings. The molecule has 0 aliphatic carbocycles. The Morgan fingerprint density at radius 1 is 1.22 bits per heavy atom. The van der Waals surface area contributed by atoms with E-state index >= 15 is 0 Å². The molecule has 2 fully saturated rings. The van der Waals surface area contributed by atoms with Gasteiger partial charge in [0, 0.05) is 29.9 Å². The van der Waals surface area contributed by atoms with Crippen LogP contribution in [0.25, 0.3) is 10.9 Å². The number of amides is 4. The van der Waals surface area contributed by atoms with E-state index in [1.165, 1.54) is 23.1 Å². The maximum Gasteiger partial charge on any atom is 0.268 e. The molecule has 0 radical (unpaired) electrons. The van der Waals surface area contributed by atoms with Crippen molar-refractivity contribution in [2.24, 2.45) is 22.7 Å². The minimum Gasteiger partial charge on any atom is -0.356 e. The molecule has 4 amide bonds. The van der Waals surface area contributed by atoms with Gasteiger partial charge in [0.25, 0.3) is 5.91 Å². The maximum absolute atomic E-state index is 14.2. The number of fused-ring (bicyclic) bond motifs is 1. The van der Waals surface area contributed by atoms with Gasteiger partial charge >= 0.3 is 0 Å². The fourth-order valence-corrected chi connectivity index (χ4v) is 5.85. The summed E-state index contributed by atoms with van der Waals surface area (Å²) in [5.41, 5.74) is -0.803. The third kappa shape index (κ3) is 5.99. The van der Waals surface area contributed by atoms with E-state index in [-0.39, 0.29) is 41.8 Å². The standard InChI is InChI=1S/C30H40FN5O5/c1-16-14-36(24(30(16,5)6)27(40)33-18(15-37)12-17-10-11-32-25(17)38)28(41)23(29(2,3)4)35-26(39)22-13-19-20(31)8-7-9-21(19)34-22/h7-9,13,15-18,23-24,34H,10-12,14H2,1-6H3,(H,32,38)(H,33,40)(H,35,39)/t16-,17+,18+,23-,24-/m1/s1. The molecule has 222 valence electrons. The Bertz CT molecular complexity index is 1360. The molecule has 4 N–H and O–H groups in total. The van der Waals surface area contributed by atoms with Crippen molar-refractivity contribution in [2.75, 3.05) is 13.1 Å². The normalized spacial score (nSPS) is 23.6. The number of aromatic amines is 1. The Morgan fingerprint density at radius 3 is 2.51 bits per heavy atom. The number of carbonyl (C=O) groups is 5. The molecule has 0 saturated carbocycles. The van der Waals surface area contributed by atoms with Crippen LogP contribution in [0.5, 0.6) is 0 Å². The van der Waals surface area contributed by atoms with Gasteiger partial charge in [-0.1, -0.05) is 47.6 Å². The molecule has 10 nitrogen and oxygen atoms in total. The Morgan fingerprint density at radius 2 is 1.93 bits per heavy atom. The SMILES string of the molecule is C[C@@H]1CN(C(=O)[C@@H](NC(=O)c2cc3c(F)cccc3[nH]2)C(C)(C)C)[C@H](C(=O)N[C@H](C=O)C[C@@H]2CCNC2=O)C1(C)C. The Hall–Kier alpha value is -3.76.